The van der Waals surface area contributed by atoms with Crippen LogP contribution in [-0.2, 0) is 9.53 Å². The maximum absolute atomic E-state index is 12.4. The predicted octanol–water partition coefficient (Wildman–Crippen LogP) is 2.39. The van der Waals surface area contributed by atoms with Crippen LogP contribution in [-0.4, -0.2) is 48.3 Å². The molecule has 0 aromatic heterocycles. The second-order valence-electron chi connectivity index (χ2n) is 6.20. The Morgan fingerprint density at radius 2 is 2.09 bits per heavy atom. The van der Waals surface area contributed by atoms with E-state index in [0.717, 1.165) is 19.3 Å². The van der Waals surface area contributed by atoms with Crippen LogP contribution in [0.15, 0.2) is 24.3 Å². The minimum atomic E-state index is -0.129. The summed E-state index contributed by atoms with van der Waals surface area (Å²) in [6, 6.07) is 9.16. The molecule has 2 bridgehead atoms. The van der Waals surface area contributed by atoms with Gasteiger partial charge in [-0.1, -0.05) is 12.1 Å². The molecule has 120 valence electrons. The molecule has 2 unspecified atom stereocenters. The van der Waals surface area contributed by atoms with Crippen LogP contribution in [0.25, 0.3) is 0 Å². The van der Waals surface area contributed by atoms with Crippen LogP contribution in [0.2, 0.25) is 0 Å². The van der Waals surface area contributed by atoms with Gasteiger partial charge in [0.1, 0.15) is 0 Å². The van der Waals surface area contributed by atoms with Crippen LogP contribution in [0.5, 0.6) is 0 Å². The second kappa shape index (κ2) is 6.84. The number of aliphatic hydroxyl groups excluding tert-OH is 1. The molecule has 0 saturated carbocycles. The van der Waals surface area contributed by atoms with Crippen LogP contribution in [0, 0.1) is 9.49 Å². The van der Waals surface area contributed by atoms with Gasteiger partial charge in [0.15, 0.2) is 0 Å². The lowest BCUT2D eigenvalue weighted by molar-refractivity contribution is -0.150. The summed E-state index contributed by atoms with van der Waals surface area (Å²) in [4.78, 5) is 14.8. The largest absolute Gasteiger partial charge is 0.469 e. The normalized spacial score (nSPS) is 31.2. The number of hydrogen-bond donors (Lipinski definition) is 1. The van der Waals surface area contributed by atoms with Gasteiger partial charge in [-0.05, 0) is 59.5 Å². The minimum Gasteiger partial charge on any atom is -0.469 e. The van der Waals surface area contributed by atoms with Crippen molar-refractivity contribution >= 4 is 28.6 Å². The molecule has 2 aliphatic rings. The van der Waals surface area contributed by atoms with Crippen LogP contribution < -0.4 is 0 Å². The van der Waals surface area contributed by atoms with Gasteiger partial charge in [0.25, 0.3) is 0 Å². The standard InChI is InChI=1S/C17H22INO3/c1-22-17(21)16-14(11-2-4-12(18)5-3-11)10-13-6-7-15(16)19(13)8-9-20/h2-5,13-16,20H,6-10H2,1H3/t13?,14-,15?,16+/m1/s1. The van der Waals surface area contributed by atoms with Gasteiger partial charge in [-0.2, -0.15) is 0 Å². The molecule has 0 amide bonds. The molecular weight excluding hydrogens is 393 g/mol. The number of halogens is 1. The second-order valence-corrected chi connectivity index (χ2v) is 7.45. The number of rotatable bonds is 4. The molecule has 22 heavy (non-hydrogen) atoms. The molecular formula is C17H22INO3. The summed E-state index contributed by atoms with van der Waals surface area (Å²) in [5.74, 6) is -0.0240. The fourth-order valence-corrected chi connectivity index (χ4v) is 4.65. The third kappa shape index (κ3) is 2.90. The number of methoxy groups -OCH3 is 1. The van der Waals surface area contributed by atoms with Gasteiger partial charge in [0.05, 0.1) is 19.6 Å². The van der Waals surface area contributed by atoms with Crippen molar-refractivity contribution < 1.29 is 14.6 Å². The zero-order valence-corrected chi connectivity index (χ0v) is 14.9. The van der Waals surface area contributed by atoms with Crippen LogP contribution in [0.1, 0.15) is 30.7 Å². The van der Waals surface area contributed by atoms with Gasteiger partial charge in [0, 0.05) is 28.1 Å². The van der Waals surface area contributed by atoms with Crippen molar-refractivity contribution in [3.63, 3.8) is 0 Å². The number of nitrogens with zero attached hydrogens (tertiary/aromatic N) is 1. The number of piperidine rings is 1. The zero-order chi connectivity index (χ0) is 15.7. The van der Waals surface area contributed by atoms with Gasteiger partial charge in [-0.3, -0.25) is 9.69 Å². The number of aliphatic hydroxyl groups is 1. The summed E-state index contributed by atoms with van der Waals surface area (Å²) in [5, 5.41) is 9.32. The van der Waals surface area contributed by atoms with E-state index in [1.165, 1.54) is 16.2 Å². The highest BCUT2D eigenvalue weighted by Gasteiger charge is 2.50. The highest BCUT2D eigenvalue weighted by molar-refractivity contribution is 14.1. The Balaban J connectivity index is 1.92. The van der Waals surface area contributed by atoms with Crippen LogP contribution in [0.3, 0.4) is 0 Å². The summed E-state index contributed by atoms with van der Waals surface area (Å²) in [7, 11) is 1.48. The van der Waals surface area contributed by atoms with Gasteiger partial charge >= 0.3 is 5.97 Å². The molecule has 3 rings (SSSR count). The summed E-state index contributed by atoms with van der Waals surface area (Å²) < 4.78 is 6.32. The minimum absolute atomic E-state index is 0.114. The van der Waals surface area contributed by atoms with E-state index < -0.39 is 0 Å². The van der Waals surface area contributed by atoms with Crippen LogP contribution in [0.4, 0.5) is 0 Å². The van der Waals surface area contributed by atoms with Gasteiger partial charge in [-0.25, -0.2) is 0 Å². The van der Waals surface area contributed by atoms with Gasteiger partial charge < -0.3 is 9.84 Å². The Bertz CT molecular complexity index is 533. The molecule has 0 radical (unpaired) electrons. The molecule has 4 atom stereocenters. The van der Waals surface area contributed by atoms with E-state index in [2.05, 4.69) is 51.8 Å². The Morgan fingerprint density at radius 1 is 1.36 bits per heavy atom. The lowest BCUT2D eigenvalue weighted by Gasteiger charge is -2.43. The zero-order valence-electron chi connectivity index (χ0n) is 12.7. The Morgan fingerprint density at radius 3 is 2.73 bits per heavy atom. The summed E-state index contributed by atoms with van der Waals surface area (Å²) in [6.45, 7) is 0.803. The topological polar surface area (TPSA) is 49.8 Å². The number of benzene rings is 1. The number of carbonyl (C=O) groups excluding carboxylic acids is 1. The Kier molecular flexibility index (Phi) is 5.04. The third-order valence-electron chi connectivity index (χ3n) is 5.19. The smallest absolute Gasteiger partial charge is 0.310 e. The molecule has 0 spiro atoms. The first-order valence-electron chi connectivity index (χ1n) is 7.85. The highest BCUT2D eigenvalue weighted by Crippen LogP contribution is 2.47. The van der Waals surface area contributed by atoms with E-state index >= 15 is 0 Å². The first-order chi connectivity index (χ1) is 10.7. The quantitative estimate of drug-likeness (QED) is 0.606. The van der Waals surface area contributed by atoms with Crippen molar-refractivity contribution in [3.8, 4) is 0 Å². The maximum Gasteiger partial charge on any atom is 0.310 e. The molecule has 0 aliphatic carbocycles. The molecule has 2 aliphatic heterocycles. The highest BCUT2D eigenvalue weighted by atomic mass is 127. The lowest BCUT2D eigenvalue weighted by Crippen LogP contribution is -2.51. The SMILES string of the molecule is COC(=O)[C@@H]1C2CCC(C[C@@H]1c1ccc(I)cc1)N2CCO. The third-order valence-corrected chi connectivity index (χ3v) is 5.91. The molecule has 1 N–H and O–H groups in total. The molecule has 4 nitrogen and oxygen atoms in total. The van der Waals surface area contributed by atoms with E-state index in [1.807, 2.05) is 0 Å². The monoisotopic (exact) mass is 415 g/mol. The van der Waals surface area contributed by atoms with E-state index in [1.54, 1.807) is 0 Å². The van der Waals surface area contributed by atoms with Crippen molar-refractivity contribution in [1.82, 2.24) is 4.90 Å². The number of ether oxygens (including phenoxy) is 1. The summed E-state index contributed by atoms with van der Waals surface area (Å²) >= 11 is 2.30. The Hall–Kier alpha value is -0.660. The van der Waals surface area contributed by atoms with E-state index in [-0.39, 0.29) is 30.5 Å². The van der Waals surface area contributed by atoms with E-state index in [4.69, 9.17) is 4.74 Å². The fraction of sp³-hybridized carbons (Fsp3) is 0.588. The number of esters is 1. The van der Waals surface area contributed by atoms with Crippen molar-refractivity contribution in [2.45, 2.75) is 37.3 Å². The van der Waals surface area contributed by atoms with Crippen molar-refractivity contribution in [2.75, 3.05) is 20.3 Å². The van der Waals surface area contributed by atoms with Gasteiger partial charge in [-0.15, -0.1) is 0 Å². The first kappa shape index (κ1) is 16.2. The fourth-order valence-electron chi connectivity index (χ4n) is 4.29. The van der Waals surface area contributed by atoms with Crippen molar-refractivity contribution in [2.24, 2.45) is 5.92 Å². The van der Waals surface area contributed by atoms with Crippen molar-refractivity contribution in [1.29, 1.82) is 0 Å². The van der Waals surface area contributed by atoms with E-state index in [0.29, 0.717) is 12.6 Å². The molecule has 5 heteroatoms. The van der Waals surface area contributed by atoms with Gasteiger partial charge in [0.2, 0.25) is 0 Å². The average Bonchev–Trinajstić information content (AvgIpc) is 2.80. The number of fused-ring (bicyclic) bond motifs is 2. The molecule has 1 aromatic rings. The number of carbonyl (C=O) groups is 1. The summed E-state index contributed by atoms with van der Waals surface area (Å²) in [5.41, 5.74) is 1.23. The maximum atomic E-state index is 12.4. The molecule has 2 heterocycles. The molecule has 2 saturated heterocycles. The van der Waals surface area contributed by atoms with E-state index in [9.17, 15) is 9.90 Å². The predicted molar refractivity (Wildman–Crippen MR) is 92.6 cm³/mol. The Labute approximate surface area is 145 Å². The average molecular weight is 415 g/mol. The molecule has 2 fully saturated rings. The first-order valence-corrected chi connectivity index (χ1v) is 8.93. The number of hydrogen-bond acceptors (Lipinski definition) is 4. The summed E-state index contributed by atoms with van der Waals surface area (Å²) in [6.07, 6.45) is 3.10. The lowest BCUT2D eigenvalue weighted by atomic mass is 9.76. The van der Waals surface area contributed by atoms with Crippen molar-refractivity contribution in [3.05, 3.63) is 33.4 Å². The van der Waals surface area contributed by atoms with Crippen LogP contribution >= 0.6 is 22.6 Å². The molecule has 1 aromatic carbocycles.